The molecule has 2 N–H and O–H groups in total. The van der Waals surface area contributed by atoms with Gasteiger partial charge in [-0.25, -0.2) is 4.98 Å². The minimum atomic E-state index is -0.131. The van der Waals surface area contributed by atoms with E-state index in [2.05, 4.69) is 36.1 Å². The van der Waals surface area contributed by atoms with Crippen molar-refractivity contribution in [3.8, 4) is 0 Å². The lowest BCUT2D eigenvalue weighted by Gasteiger charge is -2.44. The second kappa shape index (κ2) is 6.03. The van der Waals surface area contributed by atoms with Crippen LogP contribution >= 0.6 is 0 Å². The van der Waals surface area contributed by atoms with Gasteiger partial charge in [0.25, 0.3) is 0 Å². The first kappa shape index (κ1) is 15.5. The molecule has 1 fully saturated rings. The van der Waals surface area contributed by atoms with Crippen molar-refractivity contribution < 1.29 is 4.79 Å². The van der Waals surface area contributed by atoms with Crippen LogP contribution in [0.5, 0.6) is 0 Å². The smallest absolute Gasteiger partial charge is 0.240 e. The number of fused-ring (bicyclic) bond motifs is 2. The Bertz CT molecular complexity index is 531. The van der Waals surface area contributed by atoms with Crippen molar-refractivity contribution in [2.24, 2.45) is 0 Å². The van der Waals surface area contributed by atoms with Crippen molar-refractivity contribution in [3.05, 3.63) is 17.7 Å². The molecule has 2 aliphatic rings. The molecule has 1 aromatic rings. The molecule has 0 aromatic carbocycles. The monoisotopic (exact) mass is 304 g/mol. The highest BCUT2D eigenvalue weighted by Gasteiger charge is 2.45. The number of hydrogen-bond acceptors (Lipinski definition) is 3. The number of aromatic amines is 1. The molecule has 3 rings (SSSR count). The Morgan fingerprint density at radius 1 is 1.41 bits per heavy atom. The number of hydrogen-bond donors (Lipinski definition) is 2. The number of H-pyrrole nitrogens is 1. The van der Waals surface area contributed by atoms with Gasteiger partial charge >= 0.3 is 0 Å². The fourth-order valence-electron chi connectivity index (χ4n) is 4.21. The lowest BCUT2D eigenvalue weighted by Crippen LogP contribution is -2.60. The summed E-state index contributed by atoms with van der Waals surface area (Å²) in [6.45, 7) is 6.99. The van der Waals surface area contributed by atoms with Crippen LogP contribution in [0.1, 0.15) is 64.3 Å². The average Bonchev–Trinajstić information content (AvgIpc) is 2.98. The van der Waals surface area contributed by atoms with Gasteiger partial charge in [0, 0.05) is 24.7 Å². The molecule has 0 radical (unpaired) electrons. The van der Waals surface area contributed by atoms with E-state index < -0.39 is 0 Å². The van der Waals surface area contributed by atoms with Gasteiger partial charge in [0.15, 0.2) is 0 Å². The molecule has 1 spiro atoms. The van der Waals surface area contributed by atoms with E-state index in [1.807, 2.05) is 4.90 Å². The van der Waals surface area contributed by atoms with Gasteiger partial charge in [0.2, 0.25) is 5.91 Å². The van der Waals surface area contributed by atoms with Crippen molar-refractivity contribution >= 4 is 5.91 Å². The predicted molar refractivity (Wildman–Crippen MR) is 86.5 cm³/mol. The summed E-state index contributed by atoms with van der Waals surface area (Å²) in [7, 11) is 0. The molecule has 1 saturated carbocycles. The summed E-state index contributed by atoms with van der Waals surface area (Å²) in [5.41, 5.74) is 2.21. The summed E-state index contributed by atoms with van der Waals surface area (Å²) in [5.74, 6) is 0.225. The van der Waals surface area contributed by atoms with Crippen molar-refractivity contribution in [3.63, 3.8) is 0 Å². The van der Waals surface area contributed by atoms with Gasteiger partial charge < -0.3 is 9.88 Å². The minimum absolute atomic E-state index is 0.0947. The van der Waals surface area contributed by atoms with Crippen molar-refractivity contribution in [1.82, 2.24) is 20.2 Å². The first-order chi connectivity index (χ1) is 10.6. The molecule has 1 aliphatic heterocycles. The maximum atomic E-state index is 13.0. The zero-order valence-electron chi connectivity index (χ0n) is 14.0. The number of aromatic nitrogens is 2. The molecule has 122 valence electrons. The number of likely N-dealkylation sites (N-methyl/N-ethyl adjacent to an activating group) is 1. The van der Waals surface area contributed by atoms with Gasteiger partial charge in [-0.1, -0.05) is 19.3 Å². The molecule has 5 heteroatoms. The van der Waals surface area contributed by atoms with Gasteiger partial charge in [-0.2, -0.15) is 0 Å². The lowest BCUT2D eigenvalue weighted by atomic mass is 9.75. The number of nitrogens with one attached hydrogen (secondary N) is 2. The van der Waals surface area contributed by atoms with Crippen LogP contribution in [0.2, 0.25) is 0 Å². The maximum absolute atomic E-state index is 13.0. The molecule has 0 saturated heterocycles. The zero-order chi connectivity index (χ0) is 15.7. The first-order valence-corrected chi connectivity index (χ1v) is 8.68. The summed E-state index contributed by atoms with van der Waals surface area (Å²) in [6.07, 6.45) is 8.39. The molecule has 1 unspecified atom stereocenters. The highest BCUT2D eigenvalue weighted by molar-refractivity contribution is 5.83. The van der Waals surface area contributed by atoms with Gasteiger partial charge in [-0.05, 0) is 33.6 Å². The Kier molecular flexibility index (Phi) is 4.26. The second-order valence-electron chi connectivity index (χ2n) is 6.99. The van der Waals surface area contributed by atoms with Crippen LogP contribution in [-0.4, -0.2) is 39.4 Å². The van der Waals surface area contributed by atoms with Crippen LogP contribution in [0.15, 0.2) is 6.33 Å². The predicted octanol–water partition coefficient (Wildman–Crippen LogP) is 2.34. The van der Waals surface area contributed by atoms with Crippen molar-refractivity contribution in [2.75, 3.05) is 6.54 Å². The molecule has 1 aliphatic carbocycles. The van der Waals surface area contributed by atoms with Crippen LogP contribution in [0, 0.1) is 0 Å². The molecule has 1 aromatic heterocycles. The zero-order valence-corrected chi connectivity index (χ0v) is 14.0. The largest absolute Gasteiger partial charge is 0.348 e. The van der Waals surface area contributed by atoms with Crippen LogP contribution < -0.4 is 5.32 Å². The average molecular weight is 304 g/mol. The summed E-state index contributed by atoms with van der Waals surface area (Å²) >= 11 is 0. The number of rotatable bonds is 3. The van der Waals surface area contributed by atoms with Gasteiger partial charge in [0.1, 0.15) is 0 Å². The van der Waals surface area contributed by atoms with E-state index in [1.54, 1.807) is 6.33 Å². The number of nitrogens with zero attached hydrogens (tertiary/aromatic N) is 2. The van der Waals surface area contributed by atoms with E-state index in [9.17, 15) is 4.79 Å². The van der Waals surface area contributed by atoms with Gasteiger partial charge in [0.05, 0.1) is 23.6 Å². The molecule has 22 heavy (non-hydrogen) atoms. The van der Waals surface area contributed by atoms with Crippen LogP contribution in [-0.2, 0) is 16.8 Å². The van der Waals surface area contributed by atoms with Gasteiger partial charge in [-0.15, -0.1) is 0 Å². The van der Waals surface area contributed by atoms with Crippen molar-refractivity contribution in [2.45, 2.75) is 76.9 Å². The van der Waals surface area contributed by atoms with Gasteiger partial charge in [-0.3, -0.25) is 10.1 Å². The molecular weight excluding hydrogens is 276 g/mol. The molecule has 0 bridgehead atoms. The Morgan fingerprint density at radius 3 is 2.77 bits per heavy atom. The second-order valence-corrected chi connectivity index (χ2v) is 6.99. The number of carbonyl (C=O) groups is 1. The SMILES string of the molecule is CCN(C(=O)C1Cc2[nH]cnc2C2(CCCCC2)N1)C(C)C. The van der Waals surface area contributed by atoms with Crippen LogP contribution in [0.4, 0.5) is 0 Å². The van der Waals surface area contributed by atoms with E-state index >= 15 is 0 Å². The number of carbonyl (C=O) groups excluding carboxylic acids is 1. The molecule has 5 nitrogen and oxygen atoms in total. The van der Waals surface area contributed by atoms with Crippen LogP contribution in [0.3, 0.4) is 0 Å². The number of imidazole rings is 1. The minimum Gasteiger partial charge on any atom is -0.348 e. The normalized spacial score (nSPS) is 23.5. The molecule has 2 heterocycles. The highest BCUT2D eigenvalue weighted by Crippen LogP contribution is 2.40. The summed E-state index contributed by atoms with van der Waals surface area (Å²) in [6, 6.07) is 0.109. The van der Waals surface area contributed by atoms with E-state index in [4.69, 9.17) is 0 Å². The Balaban J connectivity index is 1.88. The van der Waals surface area contributed by atoms with E-state index in [-0.39, 0.29) is 23.5 Å². The summed E-state index contributed by atoms with van der Waals surface area (Å²) in [5, 5.41) is 3.71. The fourth-order valence-corrected chi connectivity index (χ4v) is 4.21. The van der Waals surface area contributed by atoms with E-state index in [0.29, 0.717) is 0 Å². The Labute approximate surface area is 132 Å². The quantitative estimate of drug-likeness (QED) is 0.901. The summed E-state index contributed by atoms with van der Waals surface area (Å²) in [4.78, 5) is 22.8. The summed E-state index contributed by atoms with van der Waals surface area (Å²) < 4.78 is 0. The third-order valence-electron chi connectivity index (χ3n) is 5.28. The topological polar surface area (TPSA) is 61.0 Å². The van der Waals surface area contributed by atoms with Crippen LogP contribution in [0.25, 0.3) is 0 Å². The van der Waals surface area contributed by atoms with E-state index in [0.717, 1.165) is 37.2 Å². The maximum Gasteiger partial charge on any atom is 0.240 e. The first-order valence-electron chi connectivity index (χ1n) is 8.68. The molecule has 1 atom stereocenters. The molecular formula is C17H28N4O. The Hall–Kier alpha value is -1.36. The highest BCUT2D eigenvalue weighted by atomic mass is 16.2. The number of amides is 1. The fraction of sp³-hybridized carbons (Fsp3) is 0.765. The Morgan fingerprint density at radius 2 is 2.14 bits per heavy atom. The molecule has 1 amide bonds. The van der Waals surface area contributed by atoms with E-state index in [1.165, 1.54) is 19.3 Å². The standard InChI is InChI=1S/C17H28N4O/c1-4-21(12(2)3)16(22)14-10-13-15(19-11-18-13)17(20-14)8-6-5-7-9-17/h11-12,14,20H,4-10H2,1-3H3,(H,18,19). The third-order valence-corrected chi connectivity index (χ3v) is 5.28. The lowest BCUT2D eigenvalue weighted by molar-refractivity contribution is -0.136. The van der Waals surface area contributed by atoms with Crippen molar-refractivity contribution in [1.29, 1.82) is 0 Å². The third kappa shape index (κ3) is 2.56.